The van der Waals surface area contributed by atoms with Crippen molar-refractivity contribution in [2.45, 2.75) is 25.4 Å². The molecule has 0 aromatic rings. The number of hydrogen-bond acceptors (Lipinski definition) is 1. The van der Waals surface area contributed by atoms with E-state index < -0.39 is 8.80 Å². The molecule has 10 heavy (non-hydrogen) atoms. The van der Waals surface area contributed by atoms with Gasteiger partial charge >= 0.3 is 0 Å². The Bertz CT molecular complexity index is 83.3. The first-order valence-corrected chi connectivity index (χ1v) is 6.42. The summed E-state index contributed by atoms with van der Waals surface area (Å²) in [6.45, 7) is 7.29. The van der Waals surface area contributed by atoms with Crippen LogP contribution >= 0.6 is 0 Å². The SMILES string of the molecule is C=C[SiH](CCC)CCNC. The highest BCUT2D eigenvalue weighted by Gasteiger charge is 2.02. The molecule has 0 heterocycles. The molecule has 1 atom stereocenters. The maximum Gasteiger partial charge on any atom is 0.0619 e. The van der Waals surface area contributed by atoms with E-state index in [4.69, 9.17) is 0 Å². The van der Waals surface area contributed by atoms with Crippen LogP contribution in [-0.2, 0) is 0 Å². The van der Waals surface area contributed by atoms with E-state index in [1.54, 1.807) is 0 Å². The molecule has 0 fully saturated rings. The highest BCUT2D eigenvalue weighted by molar-refractivity contribution is 6.64. The Hall–Kier alpha value is -0.0831. The Morgan fingerprint density at radius 2 is 2.20 bits per heavy atom. The third-order valence-electron chi connectivity index (χ3n) is 1.76. The van der Waals surface area contributed by atoms with Gasteiger partial charge in [-0.15, -0.1) is 12.3 Å². The highest BCUT2D eigenvalue weighted by atomic mass is 28.3. The third-order valence-corrected chi connectivity index (χ3v) is 4.77. The van der Waals surface area contributed by atoms with E-state index in [1.807, 2.05) is 7.05 Å². The van der Waals surface area contributed by atoms with Gasteiger partial charge in [-0.1, -0.05) is 19.4 Å². The van der Waals surface area contributed by atoms with Crippen LogP contribution in [0.15, 0.2) is 12.3 Å². The lowest BCUT2D eigenvalue weighted by Crippen LogP contribution is -2.17. The minimum atomic E-state index is -0.529. The molecule has 0 bridgehead atoms. The zero-order chi connectivity index (χ0) is 7.82. The van der Waals surface area contributed by atoms with Crippen molar-refractivity contribution in [3.8, 4) is 0 Å². The van der Waals surface area contributed by atoms with Crippen LogP contribution in [0.3, 0.4) is 0 Å². The molecule has 1 N–H and O–H groups in total. The van der Waals surface area contributed by atoms with Crippen molar-refractivity contribution in [2.75, 3.05) is 13.6 Å². The van der Waals surface area contributed by atoms with E-state index in [9.17, 15) is 0 Å². The Morgan fingerprint density at radius 3 is 2.60 bits per heavy atom. The third kappa shape index (κ3) is 4.76. The summed E-state index contributed by atoms with van der Waals surface area (Å²) >= 11 is 0. The Balaban J connectivity index is 3.29. The summed E-state index contributed by atoms with van der Waals surface area (Å²) < 4.78 is 0. The van der Waals surface area contributed by atoms with E-state index in [0.29, 0.717) is 0 Å². The topological polar surface area (TPSA) is 12.0 Å². The van der Waals surface area contributed by atoms with Gasteiger partial charge in [0.25, 0.3) is 0 Å². The van der Waals surface area contributed by atoms with Gasteiger partial charge in [0.05, 0.1) is 8.80 Å². The van der Waals surface area contributed by atoms with E-state index >= 15 is 0 Å². The average molecular weight is 157 g/mol. The van der Waals surface area contributed by atoms with Gasteiger partial charge in [-0.25, -0.2) is 0 Å². The molecule has 0 rings (SSSR count). The van der Waals surface area contributed by atoms with Crippen molar-refractivity contribution in [1.82, 2.24) is 5.32 Å². The molecule has 0 saturated heterocycles. The Kier molecular flexibility index (Phi) is 6.97. The molecule has 0 amide bonds. The van der Waals surface area contributed by atoms with E-state index in [0.717, 1.165) is 0 Å². The minimum Gasteiger partial charge on any atom is -0.320 e. The minimum absolute atomic E-state index is 0.529. The first-order chi connectivity index (χ1) is 4.85. The van der Waals surface area contributed by atoms with Crippen LogP contribution in [0.1, 0.15) is 13.3 Å². The smallest absolute Gasteiger partial charge is 0.0619 e. The first kappa shape index (κ1) is 9.92. The summed E-state index contributed by atoms with van der Waals surface area (Å²) in [5.41, 5.74) is 2.21. The lowest BCUT2D eigenvalue weighted by molar-refractivity contribution is 0.851. The van der Waals surface area contributed by atoms with Crippen molar-refractivity contribution in [1.29, 1.82) is 0 Å². The van der Waals surface area contributed by atoms with Crippen LogP contribution in [0, 0.1) is 0 Å². The molecule has 1 unspecified atom stereocenters. The molecule has 0 radical (unpaired) electrons. The van der Waals surface area contributed by atoms with Gasteiger partial charge in [0.15, 0.2) is 0 Å². The molecule has 60 valence electrons. The van der Waals surface area contributed by atoms with Crippen LogP contribution in [0.25, 0.3) is 0 Å². The van der Waals surface area contributed by atoms with Gasteiger partial charge in [-0.05, 0) is 19.6 Å². The van der Waals surface area contributed by atoms with Crippen LogP contribution in [0.2, 0.25) is 12.1 Å². The van der Waals surface area contributed by atoms with Crippen molar-refractivity contribution in [3.05, 3.63) is 12.3 Å². The summed E-state index contributed by atoms with van der Waals surface area (Å²) in [5.74, 6) is 0. The van der Waals surface area contributed by atoms with E-state index in [1.165, 1.54) is 25.1 Å². The molecule has 0 aliphatic heterocycles. The molecule has 0 saturated carbocycles. The van der Waals surface area contributed by atoms with Gasteiger partial charge in [0.1, 0.15) is 0 Å². The lowest BCUT2D eigenvalue weighted by atomic mass is 10.6. The zero-order valence-electron chi connectivity index (χ0n) is 7.19. The summed E-state index contributed by atoms with van der Waals surface area (Å²) in [7, 11) is 1.49. The maximum atomic E-state index is 3.87. The fourth-order valence-corrected chi connectivity index (χ4v) is 3.24. The first-order valence-electron chi connectivity index (χ1n) is 4.12. The second-order valence-corrected chi connectivity index (χ2v) is 5.82. The van der Waals surface area contributed by atoms with Crippen molar-refractivity contribution in [2.24, 2.45) is 0 Å². The van der Waals surface area contributed by atoms with E-state index in [-0.39, 0.29) is 0 Å². The largest absolute Gasteiger partial charge is 0.320 e. The molecule has 0 spiro atoms. The second kappa shape index (κ2) is 7.03. The van der Waals surface area contributed by atoms with Crippen LogP contribution < -0.4 is 5.32 Å². The van der Waals surface area contributed by atoms with Crippen molar-refractivity contribution in [3.63, 3.8) is 0 Å². The van der Waals surface area contributed by atoms with Crippen molar-refractivity contribution >= 4 is 8.80 Å². The molecule has 1 nitrogen and oxygen atoms in total. The van der Waals surface area contributed by atoms with Gasteiger partial charge in [0, 0.05) is 0 Å². The highest BCUT2D eigenvalue weighted by Crippen LogP contribution is 2.02. The predicted molar refractivity (Wildman–Crippen MR) is 51.2 cm³/mol. The zero-order valence-corrected chi connectivity index (χ0v) is 8.34. The van der Waals surface area contributed by atoms with Gasteiger partial charge in [-0.3, -0.25) is 0 Å². The molecular weight excluding hydrogens is 138 g/mol. The Labute approximate surface area is 66.1 Å². The number of nitrogens with one attached hydrogen (secondary N) is 1. The van der Waals surface area contributed by atoms with Crippen LogP contribution in [-0.4, -0.2) is 22.4 Å². The average Bonchev–Trinajstić information content (AvgIpc) is 1.98. The molecule has 0 aromatic heterocycles. The van der Waals surface area contributed by atoms with E-state index in [2.05, 4.69) is 24.5 Å². The lowest BCUT2D eigenvalue weighted by Gasteiger charge is -2.07. The quantitative estimate of drug-likeness (QED) is 0.577. The summed E-state index contributed by atoms with van der Waals surface area (Å²) in [6.07, 6.45) is 1.33. The van der Waals surface area contributed by atoms with Crippen LogP contribution in [0.4, 0.5) is 0 Å². The number of hydrogen-bond donors (Lipinski definition) is 1. The second-order valence-electron chi connectivity index (χ2n) is 2.68. The summed E-state index contributed by atoms with van der Waals surface area (Å²) in [6, 6.07) is 2.79. The molecule has 0 aliphatic carbocycles. The normalized spacial score (nSPS) is 13.0. The summed E-state index contributed by atoms with van der Waals surface area (Å²) in [5, 5.41) is 3.18. The monoisotopic (exact) mass is 157 g/mol. The van der Waals surface area contributed by atoms with Crippen LogP contribution in [0.5, 0.6) is 0 Å². The van der Waals surface area contributed by atoms with Crippen molar-refractivity contribution < 1.29 is 0 Å². The maximum absolute atomic E-state index is 3.87. The predicted octanol–water partition coefficient (Wildman–Crippen LogP) is 1.57. The molecule has 2 heteroatoms. The van der Waals surface area contributed by atoms with Gasteiger partial charge < -0.3 is 5.32 Å². The number of rotatable bonds is 6. The fraction of sp³-hybridized carbons (Fsp3) is 0.750. The standard InChI is InChI=1S/C8H19NSi/c1-4-7-10(5-2)8-6-9-3/h5,9-10H,2,4,6-8H2,1,3H3. The molecular formula is C8H19NSi. The van der Waals surface area contributed by atoms with Gasteiger partial charge in [0.2, 0.25) is 0 Å². The fourth-order valence-electron chi connectivity index (χ4n) is 1.08. The Morgan fingerprint density at radius 1 is 1.50 bits per heavy atom. The van der Waals surface area contributed by atoms with Gasteiger partial charge in [-0.2, -0.15) is 0 Å². The summed E-state index contributed by atoms with van der Waals surface area (Å²) in [4.78, 5) is 0. The molecule has 0 aliphatic rings. The molecule has 0 aromatic carbocycles.